The number of nitrogens with two attached hydrogens (primary N) is 2. The first-order chi connectivity index (χ1) is 7.59. The molecule has 4 N–H and O–H groups in total. The molecule has 3 heterocycles. The third-order valence-electron chi connectivity index (χ3n) is 3.89. The van der Waals surface area contributed by atoms with Gasteiger partial charge in [0.25, 0.3) is 5.91 Å². The first-order valence-corrected chi connectivity index (χ1v) is 6.34. The normalized spacial score (nSPS) is 28.1. The average Bonchev–Trinajstić information content (AvgIpc) is 2.64. The SMILES string of the molecule is CN1C2CC[C@@H]1Cc1sc(N)c(C(N)=O)c12. The van der Waals surface area contributed by atoms with Crippen LogP contribution in [0.3, 0.4) is 0 Å². The number of primary amides is 1. The zero-order valence-corrected chi connectivity index (χ0v) is 10.0. The van der Waals surface area contributed by atoms with Crippen molar-refractivity contribution in [1.82, 2.24) is 4.90 Å². The minimum Gasteiger partial charge on any atom is -0.390 e. The lowest BCUT2D eigenvalue weighted by Crippen LogP contribution is -2.34. The topological polar surface area (TPSA) is 72.3 Å². The molecule has 16 heavy (non-hydrogen) atoms. The van der Waals surface area contributed by atoms with Crippen molar-refractivity contribution in [3.8, 4) is 0 Å². The zero-order chi connectivity index (χ0) is 11.4. The second-order valence-electron chi connectivity index (χ2n) is 4.66. The molecule has 1 unspecified atom stereocenters. The van der Waals surface area contributed by atoms with E-state index < -0.39 is 0 Å². The van der Waals surface area contributed by atoms with Crippen molar-refractivity contribution in [3.63, 3.8) is 0 Å². The summed E-state index contributed by atoms with van der Waals surface area (Å²) in [7, 11) is 2.13. The summed E-state index contributed by atoms with van der Waals surface area (Å²) >= 11 is 1.54. The fourth-order valence-corrected chi connectivity index (χ4v) is 4.29. The maximum Gasteiger partial charge on any atom is 0.252 e. The minimum atomic E-state index is -0.381. The van der Waals surface area contributed by atoms with E-state index in [1.807, 2.05) is 0 Å². The van der Waals surface area contributed by atoms with Crippen molar-refractivity contribution < 1.29 is 4.79 Å². The Morgan fingerprint density at radius 3 is 2.94 bits per heavy atom. The summed E-state index contributed by atoms with van der Waals surface area (Å²) in [6.07, 6.45) is 3.34. The summed E-state index contributed by atoms with van der Waals surface area (Å²) in [5.41, 5.74) is 13.0. The molecule has 0 saturated carbocycles. The lowest BCUT2D eigenvalue weighted by molar-refractivity contribution is 0.0997. The number of likely N-dealkylation sites (N-methyl/N-ethyl adjacent to an activating group) is 1. The van der Waals surface area contributed by atoms with E-state index in [2.05, 4.69) is 11.9 Å². The largest absolute Gasteiger partial charge is 0.390 e. The van der Waals surface area contributed by atoms with E-state index in [-0.39, 0.29) is 5.91 Å². The van der Waals surface area contributed by atoms with Crippen molar-refractivity contribution in [1.29, 1.82) is 0 Å². The Bertz CT molecular complexity index is 468. The van der Waals surface area contributed by atoms with Gasteiger partial charge in [0, 0.05) is 17.0 Å². The number of hydrogen-bond donors (Lipinski definition) is 2. The number of amides is 1. The van der Waals surface area contributed by atoms with E-state index in [9.17, 15) is 4.79 Å². The quantitative estimate of drug-likeness (QED) is 0.768. The van der Waals surface area contributed by atoms with Crippen LogP contribution in [0.1, 0.15) is 39.7 Å². The molecule has 4 nitrogen and oxygen atoms in total. The number of carbonyl (C=O) groups is 1. The maximum absolute atomic E-state index is 11.5. The van der Waals surface area contributed by atoms with Crippen LogP contribution in [0.2, 0.25) is 0 Å². The average molecular weight is 237 g/mol. The molecule has 1 fully saturated rings. The molecule has 2 bridgehead atoms. The van der Waals surface area contributed by atoms with Gasteiger partial charge in [-0.3, -0.25) is 9.69 Å². The van der Waals surface area contributed by atoms with Gasteiger partial charge in [0.2, 0.25) is 0 Å². The lowest BCUT2D eigenvalue weighted by Gasteiger charge is -2.31. The number of carbonyl (C=O) groups excluding carboxylic acids is 1. The highest BCUT2D eigenvalue weighted by atomic mass is 32.1. The Labute approximate surface area is 98.2 Å². The molecule has 86 valence electrons. The van der Waals surface area contributed by atoms with Gasteiger partial charge in [-0.25, -0.2) is 0 Å². The van der Waals surface area contributed by atoms with Crippen LogP contribution >= 0.6 is 11.3 Å². The highest BCUT2D eigenvalue weighted by molar-refractivity contribution is 7.16. The predicted molar refractivity (Wildman–Crippen MR) is 64.5 cm³/mol. The molecule has 1 aromatic heterocycles. The number of nitrogen functional groups attached to an aromatic ring is 1. The van der Waals surface area contributed by atoms with Gasteiger partial charge in [-0.15, -0.1) is 11.3 Å². The Kier molecular flexibility index (Phi) is 2.03. The molecule has 1 aromatic rings. The Balaban J connectivity index is 2.19. The van der Waals surface area contributed by atoms with Crippen LogP contribution in [0, 0.1) is 0 Å². The molecule has 3 rings (SSSR count). The van der Waals surface area contributed by atoms with Gasteiger partial charge in [-0.1, -0.05) is 0 Å². The lowest BCUT2D eigenvalue weighted by atomic mass is 9.97. The van der Waals surface area contributed by atoms with E-state index >= 15 is 0 Å². The second-order valence-corrected chi connectivity index (χ2v) is 5.80. The van der Waals surface area contributed by atoms with Crippen molar-refractivity contribution in [3.05, 3.63) is 16.0 Å². The van der Waals surface area contributed by atoms with E-state index in [0.717, 1.165) is 18.4 Å². The summed E-state index contributed by atoms with van der Waals surface area (Å²) in [6, 6.07) is 0.973. The van der Waals surface area contributed by atoms with Gasteiger partial charge in [0.1, 0.15) is 0 Å². The highest BCUT2D eigenvalue weighted by Gasteiger charge is 2.41. The highest BCUT2D eigenvalue weighted by Crippen LogP contribution is 2.48. The summed E-state index contributed by atoms with van der Waals surface area (Å²) < 4.78 is 0. The number of nitrogens with zero attached hydrogens (tertiary/aromatic N) is 1. The standard InChI is InChI=1S/C11H15N3OS/c1-14-5-2-3-6(14)8-7(4-5)16-11(13)9(8)10(12)15/h5-6H,2-4,13H2,1H3,(H2,12,15)/t5-,6?/m1/s1. The fourth-order valence-electron chi connectivity index (χ4n) is 3.09. The molecule has 2 aliphatic heterocycles. The Morgan fingerprint density at radius 1 is 1.50 bits per heavy atom. The number of thiophene rings is 1. The molecule has 0 spiro atoms. The van der Waals surface area contributed by atoms with Crippen molar-refractivity contribution in [2.24, 2.45) is 5.73 Å². The van der Waals surface area contributed by atoms with Crippen LogP contribution in [0.25, 0.3) is 0 Å². The zero-order valence-electron chi connectivity index (χ0n) is 9.19. The summed E-state index contributed by atoms with van der Waals surface area (Å²) in [6.45, 7) is 0. The van der Waals surface area contributed by atoms with Crippen molar-refractivity contribution in [2.75, 3.05) is 12.8 Å². The number of anilines is 1. The molecule has 5 heteroatoms. The minimum absolute atomic E-state index is 0.352. The Hall–Kier alpha value is -1.07. The van der Waals surface area contributed by atoms with Gasteiger partial charge < -0.3 is 11.5 Å². The summed E-state index contributed by atoms with van der Waals surface area (Å²) in [5.74, 6) is -0.381. The molecule has 2 atom stereocenters. The molecule has 2 aliphatic rings. The summed E-state index contributed by atoms with van der Waals surface area (Å²) in [5, 5.41) is 0.596. The fraction of sp³-hybridized carbons (Fsp3) is 0.545. The molecule has 1 amide bonds. The van der Waals surface area contributed by atoms with Crippen LogP contribution in [0.15, 0.2) is 0 Å². The molecule has 0 radical (unpaired) electrons. The third kappa shape index (κ3) is 1.15. The van der Waals surface area contributed by atoms with E-state index in [0.29, 0.717) is 22.6 Å². The van der Waals surface area contributed by atoms with Crippen LogP contribution < -0.4 is 11.5 Å². The van der Waals surface area contributed by atoms with Crippen molar-refractivity contribution in [2.45, 2.75) is 31.3 Å². The number of rotatable bonds is 1. The predicted octanol–water partition coefficient (Wildman–Crippen LogP) is 1.12. The van der Waals surface area contributed by atoms with Gasteiger partial charge in [0.05, 0.1) is 10.6 Å². The van der Waals surface area contributed by atoms with Crippen LogP contribution in [0.4, 0.5) is 5.00 Å². The van der Waals surface area contributed by atoms with Crippen LogP contribution in [-0.2, 0) is 6.42 Å². The number of hydrogen-bond acceptors (Lipinski definition) is 4. The Morgan fingerprint density at radius 2 is 2.25 bits per heavy atom. The molecular formula is C11H15N3OS. The monoisotopic (exact) mass is 237 g/mol. The second kappa shape index (κ2) is 3.21. The van der Waals surface area contributed by atoms with E-state index in [4.69, 9.17) is 11.5 Å². The summed E-state index contributed by atoms with van der Waals surface area (Å²) in [4.78, 5) is 15.1. The van der Waals surface area contributed by atoms with Crippen molar-refractivity contribution >= 4 is 22.2 Å². The first-order valence-electron chi connectivity index (χ1n) is 5.52. The van der Waals surface area contributed by atoms with Gasteiger partial charge in [0.15, 0.2) is 0 Å². The molecular weight excluding hydrogens is 222 g/mol. The molecule has 0 aromatic carbocycles. The molecule has 1 saturated heterocycles. The van der Waals surface area contributed by atoms with Crippen LogP contribution in [0.5, 0.6) is 0 Å². The molecule has 0 aliphatic carbocycles. The third-order valence-corrected chi connectivity index (χ3v) is 4.95. The smallest absolute Gasteiger partial charge is 0.252 e. The first kappa shape index (κ1) is 10.1. The van der Waals surface area contributed by atoms with Crippen LogP contribution in [-0.4, -0.2) is 23.9 Å². The van der Waals surface area contributed by atoms with E-state index in [1.165, 1.54) is 11.3 Å². The van der Waals surface area contributed by atoms with Gasteiger partial charge in [-0.05, 0) is 31.9 Å². The maximum atomic E-state index is 11.5. The van der Waals surface area contributed by atoms with Gasteiger partial charge in [-0.2, -0.15) is 0 Å². The van der Waals surface area contributed by atoms with Gasteiger partial charge >= 0.3 is 0 Å². The number of fused-ring (bicyclic) bond motifs is 4. The van der Waals surface area contributed by atoms with E-state index in [1.54, 1.807) is 11.3 Å².